The van der Waals surface area contributed by atoms with Gasteiger partial charge >= 0.3 is 0 Å². The van der Waals surface area contributed by atoms with Crippen molar-refractivity contribution in [1.82, 2.24) is 19.9 Å². The Morgan fingerprint density at radius 1 is 0.302 bits per heavy atom. The van der Waals surface area contributed by atoms with Gasteiger partial charge in [-0.05, 0) is 70.8 Å². The van der Waals surface area contributed by atoms with E-state index in [4.69, 9.17) is 28.2 Å². The van der Waals surface area contributed by atoms with Crippen molar-refractivity contribution in [2.45, 2.75) is 0 Å². The van der Waals surface area contributed by atoms with Crippen molar-refractivity contribution in [1.29, 1.82) is 0 Å². The molecule has 7 nitrogen and oxygen atoms in total. The average Bonchev–Trinajstić information content (AvgIpc) is 4.05. The first-order chi connectivity index (χ1) is 31.2. The van der Waals surface area contributed by atoms with Gasteiger partial charge in [0.2, 0.25) is 0 Å². The fourth-order valence-electron chi connectivity index (χ4n) is 9.15. The summed E-state index contributed by atoms with van der Waals surface area (Å²) < 4.78 is 19.4. The largest absolute Gasteiger partial charge is 0.456 e. The van der Waals surface area contributed by atoms with E-state index in [9.17, 15) is 0 Å². The highest BCUT2D eigenvalue weighted by molar-refractivity contribution is 6.20. The van der Waals surface area contributed by atoms with Crippen molar-refractivity contribution in [3.63, 3.8) is 0 Å². The minimum atomic E-state index is 0.546. The van der Waals surface area contributed by atoms with Crippen molar-refractivity contribution in [3.05, 3.63) is 194 Å². The molecular formula is C56H32N4O3. The monoisotopic (exact) mass is 808 g/mol. The van der Waals surface area contributed by atoms with Gasteiger partial charge in [-0.2, -0.15) is 0 Å². The van der Waals surface area contributed by atoms with Crippen LogP contribution in [0.15, 0.2) is 208 Å². The lowest BCUT2D eigenvalue weighted by Crippen LogP contribution is -2.01. The summed E-state index contributed by atoms with van der Waals surface area (Å²) in [6.45, 7) is 0. The minimum Gasteiger partial charge on any atom is -0.456 e. The van der Waals surface area contributed by atoms with Gasteiger partial charge in [-0.15, -0.1) is 0 Å². The number of nitrogens with zero attached hydrogens (tertiary/aromatic N) is 4. The Kier molecular flexibility index (Phi) is 7.77. The lowest BCUT2D eigenvalue weighted by molar-refractivity contribution is 0.668. The van der Waals surface area contributed by atoms with Crippen molar-refractivity contribution >= 4 is 65.8 Å². The summed E-state index contributed by atoms with van der Waals surface area (Å²) in [5.74, 6) is 1.66. The maximum absolute atomic E-state index is 6.76. The second kappa shape index (κ2) is 13.9. The van der Waals surface area contributed by atoms with Gasteiger partial charge in [0.15, 0.2) is 17.5 Å². The first-order valence-corrected chi connectivity index (χ1v) is 20.9. The molecule has 294 valence electrons. The second-order valence-corrected chi connectivity index (χ2v) is 15.7. The number of benzene rings is 8. The minimum absolute atomic E-state index is 0.546. The molecule has 13 aromatic rings. The Morgan fingerprint density at radius 2 is 0.873 bits per heavy atom. The standard InChI is InChI=1S/C56H32N4O3/c1-2-14-43(37(12-1)36-11-10-30-57-32-36)56-59-54(58-55(60-56)35-26-27-40-39-13-3-6-18-46(39)62-50(40)31-35)34-24-22-33(23-25-34)38-28-29-42(53-52(38)45-16-5-8-20-48(45)63-53)41-17-9-21-49-51(41)44-15-4-7-19-47(44)61-49/h1-32H. The average molecular weight is 809 g/mol. The molecule has 0 N–H and O–H groups in total. The van der Waals surface area contributed by atoms with Gasteiger partial charge in [-0.25, -0.2) is 15.0 Å². The molecule has 13 rings (SSSR count). The summed E-state index contributed by atoms with van der Waals surface area (Å²) in [4.78, 5) is 19.8. The lowest BCUT2D eigenvalue weighted by Gasteiger charge is -2.12. The molecule has 8 aromatic carbocycles. The number of aromatic nitrogens is 4. The van der Waals surface area contributed by atoms with Crippen LogP contribution in [0.5, 0.6) is 0 Å². The molecule has 0 amide bonds. The molecule has 0 aliphatic rings. The van der Waals surface area contributed by atoms with Gasteiger partial charge in [0, 0.05) is 72.5 Å². The SMILES string of the molecule is c1cncc(-c2ccccc2-c2nc(-c3ccc(-c4ccc(-c5cccc6oc7ccccc7c56)c5oc6ccccc6c45)cc3)nc(-c3ccc4c(c3)oc3ccccc34)n2)c1. The molecule has 5 aromatic heterocycles. The third-order valence-electron chi connectivity index (χ3n) is 12.1. The quantitative estimate of drug-likeness (QED) is 0.165. The normalized spacial score (nSPS) is 11.8. The molecule has 0 atom stereocenters. The third-order valence-corrected chi connectivity index (χ3v) is 12.1. The summed E-state index contributed by atoms with van der Waals surface area (Å²) >= 11 is 0. The third kappa shape index (κ3) is 5.67. The zero-order chi connectivity index (χ0) is 41.4. The van der Waals surface area contributed by atoms with Gasteiger partial charge in [0.1, 0.15) is 33.5 Å². The van der Waals surface area contributed by atoms with Crippen molar-refractivity contribution in [3.8, 4) is 67.5 Å². The second-order valence-electron chi connectivity index (χ2n) is 15.7. The van der Waals surface area contributed by atoms with Gasteiger partial charge in [0.05, 0.1) is 0 Å². The highest BCUT2D eigenvalue weighted by atomic mass is 16.3. The number of rotatable bonds is 6. The molecule has 0 spiro atoms. The summed E-state index contributed by atoms with van der Waals surface area (Å²) in [5.41, 5.74) is 13.7. The molecule has 0 saturated carbocycles. The molecule has 0 radical (unpaired) electrons. The first kappa shape index (κ1) is 35.1. The van der Waals surface area contributed by atoms with Crippen molar-refractivity contribution in [2.24, 2.45) is 0 Å². The Hall–Kier alpha value is -8.68. The van der Waals surface area contributed by atoms with Crippen LogP contribution < -0.4 is 0 Å². The molecule has 7 heteroatoms. The number of pyridine rings is 1. The molecule has 0 unspecified atom stereocenters. The molecule has 0 saturated heterocycles. The maximum atomic E-state index is 6.76. The summed E-state index contributed by atoms with van der Waals surface area (Å²) in [6.07, 6.45) is 3.64. The zero-order valence-corrected chi connectivity index (χ0v) is 33.5. The highest BCUT2D eigenvalue weighted by Crippen LogP contribution is 2.45. The van der Waals surface area contributed by atoms with Crippen LogP contribution in [0, 0.1) is 0 Å². The molecule has 0 aliphatic carbocycles. The summed E-state index contributed by atoms with van der Waals surface area (Å²) in [6, 6.07) is 61.9. The lowest BCUT2D eigenvalue weighted by atomic mass is 9.92. The fraction of sp³-hybridized carbons (Fsp3) is 0. The van der Waals surface area contributed by atoms with Crippen LogP contribution in [0.2, 0.25) is 0 Å². The Bertz CT molecular complexity index is 3920. The van der Waals surface area contributed by atoms with E-state index in [1.165, 1.54) is 0 Å². The van der Waals surface area contributed by atoms with Crippen molar-refractivity contribution in [2.75, 3.05) is 0 Å². The van der Waals surface area contributed by atoms with Gasteiger partial charge < -0.3 is 13.3 Å². The molecular weight excluding hydrogens is 777 g/mol. The topological polar surface area (TPSA) is 91.0 Å². The van der Waals surface area contributed by atoms with E-state index in [1.54, 1.807) is 6.20 Å². The Morgan fingerprint density at radius 3 is 1.67 bits per heavy atom. The maximum Gasteiger partial charge on any atom is 0.164 e. The highest BCUT2D eigenvalue weighted by Gasteiger charge is 2.22. The number of furan rings is 3. The van der Waals surface area contributed by atoms with Gasteiger partial charge in [-0.1, -0.05) is 133 Å². The number of hydrogen-bond acceptors (Lipinski definition) is 7. The molecule has 63 heavy (non-hydrogen) atoms. The Labute approximate surface area is 359 Å². The van der Waals surface area contributed by atoms with Crippen LogP contribution in [0.25, 0.3) is 133 Å². The summed E-state index contributed by atoms with van der Waals surface area (Å²) in [5, 5.41) is 6.37. The fourth-order valence-corrected chi connectivity index (χ4v) is 9.15. The van der Waals surface area contributed by atoms with E-state index < -0.39 is 0 Å². The molecule has 0 fully saturated rings. The van der Waals surface area contributed by atoms with Gasteiger partial charge in [-0.3, -0.25) is 4.98 Å². The summed E-state index contributed by atoms with van der Waals surface area (Å²) in [7, 11) is 0. The van der Waals surface area contributed by atoms with E-state index in [0.717, 1.165) is 116 Å². The van der Waals surface area contributed by atoms with E-state index in [2.05, 4.69) is 108 Å². The predicted octanol–water partition coefficient (Wildman–Crippen LogP) is 15.0. The van der Waals surface area contributed by atoms with E-state index in [0.29, 0.717) is 17.5 Å². The van der Waals surface area contributed by atoms with Crippen LogP contribution in [0.3, 0.4) is 0 Å². The molecule has 5 heterocycles. The van der Waals surface area contributed by atoms with E-state index >= 15 is 0 Å². The first-order valence-electron chi connectivity index (χ1n) is 20.9. The van der Waals surface area contributed by atoms with Gasteiger partial charge in [0.25, 0.3) is 0 Å². The van der Waals surface area contributed by atoms with Crippen LogP contribution in [-0.4, -0.2) is 19.9 Å². The van der Waals surface area contributed by atoms with Crippen LogP contribution in [-0.2, 0) is 0 Å². The van der Waals surface area contributed by atoms with E-state index in [-0.39, 0.29) is 0 Å². The zero-order valence-electron chi connectivity index (χ0n) is 33.5. The number of hydrogen-bond donors (Lipinski definition) is 0. The number of fused-ring (bicyclic) bond motifs is 9. The van der Waals surface area contributed by atoms with Crippen LogP contribution >= 0.6 is 0 Å². The van der Waals surface area contributed by atoms with Crippen molar-refractivity contribution < 1.29 is 13.3 Å². The molecule has 0 aliphatic heterocycles. The van der Waals surface area contributed by atoms with E-state index in [1.807, 2.05) is 85.1 Å². The Balaban J connectivity index is 0.963. The van der Waals surface area contributed by atoms with Crippen LogP contribution in [0.1, 0.15) is 0 Å². The number of para-hydroxylation sites is 3. The molecule has 0 bridgehead atoms. The van der Waals surface area contributed by atoms with Crippen LogP contribution in [0.4, 0.5) is 0 Å². The smallest absolute Gasteiger partial charge is 0.164 e. The predicted molar refractivity (Wildman–Crippen MR) is 252 cm³/mol.